The summed E-state index contributed by atoms with van der Waals surface area (Å²) < 4.78 is 5.71. The van der Waals surface area contributed by atoms with Gasteiger partial charge in [0.05, 0.1) is 6.61 Å². The Morgan fingerprint density at radius 1 is 1.25 bits per heavy atom. The summed E-state index contributed by atoms with van der Waals surface area (Å²) in [5, 5.41) is 22.2. The topological polar surface area (TPSA) is 61.7 Å². The van der Waals surface area contributed by atoms with Gasteiger partial charge >= 0.3 is 0 Å². The SMILES string of the molecule is CC(C)c1ccccc1OCC(O)CNC(C)(C)CO. The molecule has 1 rings (SSSR count). The molecule has 0 bridgehead atoms. The molecule has 20 heavy (non-hydrogen) atoms. The zero-order chi connectivity index (χ0) is 15.2. The number of hydrogen-bond acceptors (Lipinski definition) is 4. The first-order valence-corrected chi connectivity index (χ1v) is 7.11. The number of β-amino-alcohol motifs (C(OH)–C–C–N with tert-alkyl or cyclic N) is 1. The minimum Gasteiger partial charge on any atom is -0.491 e. The van der Waals surface area contributed by atoms with E-state index in [0.29, 0.717) is 12.5 Å². The highest BCUT2D eigenvalue weighted by atomic mass is 16.5. The largest absolute Gasteiger partial charge is 0.491 e. The quantitative estimate of drug-likeness (QED) is 0.681. The third kappa shape index (κ3) is 5.49. The first-order chi connectivity index (χ1) is 9.35. The third-order valence-electron chi connectivity index (χ3n) is 3.18. The first-order valence-electron chi connectivity index (χ1n) is 7.11. The second kappa shape index (κ2) is 7.62. The Labute approximate surface area is 121 Å². The number of hydrogen-bond donors (Lipinski definition) is 3. The zero-order valence-corrected chi connectivity index (χ0v) is 12.9. The number of nitrogens with one attached hydrogen (secondary N) is 1. The molecule has 0 amide bonds. The van der Waals surface area contributed by atoms with Crippen LogP contribution in [0.2, 0.25) is 0 Å². The maximum absolute atomic E-state index is 9.93. The maximum Gasteiger partial charge on any atom is 0.122 e. The van der Waals surface area contributed by atoms with E-state index in [1.165, 1.54) is 0 Å². The minimum absolute atomic E-state index is 0.0246. The summed E-state index contributed by atoms with van der Waals surface area (Å²) in [6.07, 6.45) is -0.610. The number of aliphatic hydroxyl groups is 2. The Balaban J connectivity index is 2.47. The van der Waals surface area contributed by atoms with E-state index >= 15 is 0 Å². The highest BCUT2D eigenvalue weighted by Crippen LogP contribution is 2.25. The summed E-state index contributed by atoms with van der Waals surface area (Å²) in [4.78, 5) is 0. The lowest BCUT2D eigenvalue weighted by atomic mass is 10.0. The van der Waals surface area contributed by atoms with Crippen LogP contribution in [0, 0.1) is 0 Å². The Bertz CT molecular complexity index is 404. The highest BCUT2D eigenvalue weighted by Gasteiger charge is 2.17. The smallest absolute Gasteiger partial charge is 0.122 e. The average Bonchev–Trinajstić information content (AvgIpc) is 2.43. The Morgan fingerprint density at radius 3 is 2.50 bits per heavy atom. The molecule has 4 nitrogen and oxygen atoms in total. The van der Waals surface area contributed by atoms with Crippen molar-refractivity contribution in [2.45, 2.75) is 45.3 Å². The molecule has 0 aliphatic rings. The van der Waals surface area contributed by atoms with Gasteiger partial charge in [0.15, 0.2) is 0 Å². The van der Waals surface area contributed by atoms with Crippen molar-refractivity contribution in [1.29, 1.82) is 0 Å². The van der Waals surface area contributed by atoms with Crippen molar-refractivity contribution in [2.75, 3.05) is 19.8 Å². The van der Waals surface area contributed by atoms with Crippen LogP contribution < -0.4 is 10.1 Å². The van der Waals surface area contributed by atoms with Crippen molar-refractivity contribution in [2.24, 2.45) is 0 Å². The lowest BCUT2D eigenvalue weighted by molar-refractivity contribution is 0.0901. The monoisotopic (exact) mass is 281 g/mol. The van der Waals surface area contributed by atoms with Gasteiger partial charge in [0, 0.05) is 12.1 Å². The van der Waals surface area contributed by atoms with Crippen LogP contribution in [-0.2, 0) is 0 Å². The molecule has 1 aromatic rings. The molecule has 0 aliphatic heterocycles. The van der Waals surface area contributed by atoms with Crippen molar-refractivity contribution in [3.05, 3.63) is 29.8 Å². The number of para-hydroxylation sites is 1. The Hall–Kier alpha value is -1.10. The molecular formula is C16H27NO3. The maximum atomic E-state index is 9.93. The van der Waals surface area contributed by atoms with E-state index in [2.05, 4.69) is 19.2 Å². The number of aliphatic hydroxyl groups excluding tert-OH is 2. The summed E-state index contributed by atoms with van der Waals surface area (Å²) in [6, 6.07) is 7.89. The van der Waals surface area contributed by atoms with Gasteiger partial charge in [-0.15, -0.1) is 0 Å². The van der Waals surface area contributed by atoms with Gasteiger partial charge in [-0.1, -0.05) is 32.0 Å². The molecule has 0 saturated heterocycles. The summed E-state index contributed by atoms with van der Waals surface area (Å²) in [6.45, 7) is 8.64. The predicted molar refractivity (Wildman–Crippen MR) is 81.2 cm³/mol. The van der Waals surface area contributed by atoms with Crippen molar-refractivity contribution < 1.29 is 14.9 Å². The lowest BCUT2D eigenvalue weighted by Gasteiger charge is -2.25. The number of ether oxygens (including phenoxy) is 1. The lowest BCUT2D eigenvalue weighted by Crippen LogP contribution is -2.47. The Morgan fingerprint density at radius 2 is 1.90 bits per heavy atom. The minimum atomic E-state index is -0.610. The molecule has 1 aromatic carbocycles. The van der Waals surface area contributed by atoms with Gasteiger partial charge < -0.3 is 20.3 Å². The fraction of sp³-hybridized carbons (Fsp3) is 0.625. The molecule has 1 atom stereocenters. The van der Waals surface area contributed by atoms with Gasteiger partial charge in [-0.2, -0.15) is 0 Å². The molecule has 4 heteroatoms. The van der Waals surface area contributed by atoms with Crippen molar-refractivity contribution in [3.63, 3.8) is 0 Å². The van der Waals surface area contributed by atoms with Gasteiger partial charge in [-0.05, 0) is 31.4 Å². The van der Waals surface area contributed by atoms with Gasteiger partial charge in [-0.25, -0.2) is 0 Å². The van der Waals surface area contributed by atoms with Gasteiger partial charge in [0.25, 0.3) is 0 Å². The van der Waals surface area contributed by atoms with Crippen LogP contribution in [0.1, 0.15) is 39.2 Å². The van der Waals surface area contributed by atoms with Crippen LogP contribution in [-0.4, -0.2) is 41.6 Å². The fourth-order valence-corrected chi connectivity index (χ4v) is 1.78. The molecule has 0 spiro atoms. The molecule has 0 heterocycles. The molecule has 0 aromatic heterocycles. The predicted octanol–water partition coefficient (Wildman–Crippen LogP) is 1.91. The summed E-state index contributed by atoms with van der Waals surface area (Å²) in [5.74, 6) is 1.21. The average molecular weight is 281 g/mol. The van der Waals surface area contributed by atoms with E-state index < -0.39 is 11.6 Å². The molecule has 0 radical (unpaired) electrons. The highest BCUT2D eigenvalue weighted by molar-refractivity contribution is 5.35. The van der Waals surface area contributed by atoms with Crippen molar-refractivity contribution in [3.8, 4) is 5.75 Å². The van der Waals surface area contributed by atoms with Gasteiger partial charge in [0.1, 0.15) is 18.5 Å². The van der Waals surface area contributed by atoms with E-state index in [1.54, 1.807) is 0 Å². The van der Waals surface area contributed by atoms with Crippen molar-refractivity contribution >= 4 is 0 Å². The molecule has 3 N–H and O–H groups in total. The van der Waals surface area contributed by atoms with Crippen LogP contribution in [0.3, 0.4) is 0 Å². The van der Waals surface area contributed by atoms with Crippen LogP contribution in [0.15, 0.2) is 24.3 Å². The fourth-order valence-electron chi connectivity index (χ4n) is 1.78. The van der Waals surface area contributed by atoms with E-state index in [0.717, 1.165) is 11.3 Å². The molecular weight excluding hydrogens is 254 g/mol. The molecule has 1 unspecified atom stereocenters. The number of rotatable bonds is 8. The van der Waals surface area contributed by atoms with E-state index in [9.17, 15) is 5.11 Å². The van der Waals surface area contributed by atoms with Gasteiger partial charge in [0.2, 0.25) is 0 Å². The first kappa shape index (κ1) is 17.0. The zero-order valence-electron chi connectivity index (χ0n) is 12.9. The standard InChI is InChI=1S/C16H27NO3/c1-12(2)14-7-5-6-8-15(14)20-10-13(19)9-17-16(3,4)11-18/h5-8,12-13,17-19H,9-11H2,1-4H3. The van der Waals surface area contributed by atoms with Crippen LogP contribution in [0.5, 0.6) is 5.75 Å². The summed E-state index contributed by atoms with van der Waals surface area (Å²) >= 11 is 0. The van der Waals surface area contributed by atoms with E-state index in [1.807, 2.05) is 38.1 Å². The molecule has 0 fully saturated rings. The third-order valence-corrected chi connectivity index (χ3v) is 3.18. The van der Waals surface area contributed by atoms with Crippen LogP contribution in [0.25, 0.3) is 0 Å². The second-order valence-corrected chi connectivity index (χ2v) is 6.08. The van der Waals surface area contributed by atoms with Crippen molar-refractivity contribution in [1.82, 2.24) is 5.32 Å². The van der Waals surface area contributed by atoms with Crippen LogP contribution >= 0.6 is 0 Å². The van der Waals surface area contributed by atoms with E-state index in [4.69, 9.17) is 9.84 Å². The van der Waals surface area contributed by atoms with Gasteiger partial charge in [-0.3, -0.25) is 0 Å². The summed E-state index contributed by atoms with van der Waals surface area (Å²) in [5.41, 5.74) is 0.750. The van der Waals surface area contributed by atoms with E-state index in [-0.39, 0.29) is 13.2 Å². The molecule has 0 aliphatic carbocycles. The normalized spacial score (nSPS) is 13.6. The summed E-state index contributed by atoms with van der Waals surface area (Å²) in [7, 11) is 0. The number of benzene rings is 1. The molecule has 114 valence electrons. The van der Waals surface area contributed by atoms with Crippen LogP contribution in [0.4, 0.5) is 0 Å². The second-order valence-electron chi connectivity index (χ2n) is 6.08. The Kier molecular flexibility index (Phi) is 6.46. The molecule has 0 saturated carbocycles.